The molecular formula is C56H70N3O11P3. The summed E-state index contributed by atoms with van der Waals surface area (Å²) in [6, 6.07) is 48.3. The first-order chi connectivity index (χ1) is 36.0. The maximum absolute atomic E-state index is 9.85. The van der Waals surface area contributed by atoms with Gasteiger partial charge in [0.2, 0.25) is 0 Å². The minimum absolute atomic E-state index is 0.0524. The summed E-state index contributed by atoms with van der Waals surface area (Å²) in [4.78, 5) is 14.5. The van der Waals surface area contributed by atoms with E-state index in [0.717, 1.165) is 40.7 Å². The number of aliphatic hydroxyl groups is 5. The van der Waals surface area contributed by atoms with Crippen LogP contribution in [-0.2, 0) is 32.1 Å². The molecule has 17 heteroatoms. The zero-order valence-corrected chi connectivity index (χ0v) is 44.1. The zero-order chi connectivity index (χ0) is 50.9. The summed E-state index contributed by atoms with van der Waals surface area (Å²) in [7, 11) is -8.94. The van der Waals surface area contributed by atoms with Crippen LogP contribution in [0.1, 0.15) is 92.0 Å². The van der Waals surface area contributed by atoms with Gasteiger partial charge in [-0.15, -0.1) is 4.52 Å². The SMILES string of the molecule is OCCCCc1ccccc1ON1P(Oc2ccccc2CCCCO)N=P(Oc2ccccc2CCCCO)(Oc2ccccc2CCCCO)N(Oc2ccccc2)P1Oc1ccccc1CCCCO. The standard InChI is InChI=1S/C56H70N3O11P3/c60-41-19-14-29-46-24-4-9-36-52(46)66-58-71(67-53-37-10-5-25-47(53)30-15-20-42-61)57-73(69-55-39-12-7-27-49(55)32-17-22-44-63,70-56-40-13-8-28-50(56)33-18-23-45-64)59(65-51-34-2-1-3-35-51)72(58)68-54-38-11-6-26-48(54)31-16-21-43-62/h1-13,24-28,34-40,60-64H,14-23,29-33,41-45H2. The van der Waals surface area contributed by atoms with E-state index >= 15 is 0 Å². The Morgan fingerprint density at radius 2 is 0.712 bits per heavy atom. The van der Waals surface area contributed by atoms with Gasteiger partial charge >= 0.3 is 24.6 Å². The van der Waals surface area contributed by atoms with Crippen molar-refractivity contribution in [1.29, 1.82) is 0 Å². The average molecular weight is 1050 g/mol. The summed E-state index contributed by atoms with van der Waals surface area (Å²) in [5, 5.41) is 49.1. The van der Waals surface area contributed by atoms with Crippen molar-refractivity contribution in [3.8, 4) is 34.5 Å². The van der Waals surface area contributed by atoms with Gasteiger partial charge in [-0.05, 0) is 167 Å². The van der Waals surface area contributed by atoms with Crippen LogP contribution in [0.5, 0.6) is 34.5 Å². The van der Waals surface area contributed by atoms with E-state index in [9.17, 15) is 25.5 Å². The van der Waals surface area contributed by atoms with Gasteiger partial charge in [0.15, 0.2) is 5.75 Å². The van der Waals surface area contributed by atoms with Gasteiger partial charge < -0.3 is 53.3 Å². The first kappa shape index (κ1) is 55.7. The second-order valence-corrected chi connectivity index (χ2v) is 22.9. The summed E-state index contributed by atoms with van der Waals surface area (Å²) in [6.45, 7) is 0.292. The van der Waals surface area contributed by atoms with Gasteiger partial charge in [-0.3, -0.25) is 0 Å². The highest BCUT2D eigenvalue weighted by Gasteiger charge is 2.58. The molecule has 0 aromatic heterocycles. The van der Waals surface area contributed by atoms with Crippen molar-refractivity contribution in [3.63, 3.8) is 0 Å². The minimum Gasteiger partial charge on any atom is -0.440 e. The largest absolute Gasteiger partial charge is 0.447 e. The first-order valence-electron chi connectivity index (χ1n) is 25.4. The van der Waals surface area contributed by atoms with Crippen LogP contribution in [0.3, 0.4) is 0 Å². The van der Waals surface area contributed by atoms with Crippen LogP contribution in [-0.4, -0.2) is 67.8 Å². The Bertz CT molecular complexity index is 2550. The normalized spacial score (nSPS) is 15.6. The average Bonchev–Trinajstić information content (AvgIpc) is 3.41. The molecule has 6 aromatic rings. The quantitative estimate of drug-likeness (QED) is 0.0200. The topological polar surface area (TPSA) is 175 Å². The number of hydrogen-bond acceptors (Lipinski definition) is 14. The predicted octanol–water partition coefficient (Wildman–Crippen LogP) is 12.9. The maximum Gasteiger partial charge on any atom is 0.447 e. The van der Waals surface area contributed by atoms with Crippen LogP contribution in [0.15, 0.2) is 156 Å². The number of aliphatic hydroxyl groups excluding tert-OH is 5. The molecule has 0 aliphatic carbocycles. The molecule has 0 fully saturated rings. The summed E-state index contributed by atoms with van der Waals surface area (Å²) >= 11 is 0. The van der Waals surface area contributed by atoms with Crippen molar-refractivity contribution in [2.45, 2.75) is 96.3 Å². The van der Waals surface area contributed by atoms with Crippen molar-refractivity contribution in [1.82, 2.24) is 9.21 Å². The molecule has 6 aromatic carbocycles. The fraction of sp³-hybridized carbons (Fsp3) is 0.357. The molecule has 0 amide bonds. The molecule has 1 aliphatic heterocycles. The third kappa shape index (κ3) is 16.2. The number of rotatable bonds is 32. The lowest BCUT2D eigenvalue weighted by atomic mass is 10.1. The molecule has 1 aliphatic rings. The van der Waals surface area contributed by atoms with Crippen LogP contribution in [0.2, 0.25) is 0 Å². The lowest BCUT2D eigenvalue weighted by Gasteiger charge is -2.44. The molecule has 14 nitrogen and oxygen atoms in total. The van der Waals surface area contributed by atoms with E-state index in [0.29, 0.717) is 118 Å². The molecule has 73 heavy (non-hydrogen) atoms. The summed E-state index contributed by atoms with van der Waals surface area (Å²) in [5.74, 6) is 3.08. The zero-order valence-electron chi connectivity index (χ0n) is 41.4. The Hall–Kier alpha value is -5.07. The summed E-state index contributed by atoms with van der Waals surface area (Å²) < 4.78 is 38.9. The van der Waals surface area contributed by atoms with Crippen LogP contribution < -0.4 is 27.8 Å². The van der Waals surface area contributed by atoms with Gasteiger partial charge in [-0.1, -0.05) is 109 Å². The molecule has 390 valence electrons. The van der Waals surface area contributed by atoms with Gasteiger partial charge in [0.1, 0.15) is 28.7 Å². The van der Waals surface area contributed by atoms with Gasteiger partial charge in [0, 0.05) is 42.2 Å². The summed E-state index contributed by atoms with van der Waals surface area (Å²) in [6.07, 6.45) is 9.62. The number of unbranched alkanes of at least 4 members (excludes halogenated alkanes) is 5. The molecule has 0 saturated carbocycles. The molecular weight excluding hydrogens is 984 g/mol. The highest BCUT2D eigenvalue weighted by Crippen LogP contribution is 2.78. The summed E-state index contributed by atoms with van der Waals surface area (Å²) in [5.41, 5.74) is 4.46. The smallest absolute Gasteiger partial charge is 0.440 e. The van der Waals surface area contributed by atoms with Crippen molar-refractivity contribution in [2.24, 2.45) is 4.52 Å². The second kappa shape index (κ2) is 30.3. The first-order valence-corrected chi connectivity index (χ1v) is 29.3. The van der Waals surface area contributed by atoms with Gasteiger partial charge in [-0.25, -0.2) is 0 Å². The number of aryl methyl sites for hydroxylation is 5. The monoisotopic (exact) mass is 1050 g/mol. The van der Waals surface area contributed by atoms with E-state index in [1.165, 1.54) is 0 Å². The Labute approximate surface area is 433 Å². The van der Waals surface area contributed by atoms with E-state index in [-0.39, 0.29) is 33.0 Å². The Morgan fingerprint density at radius 3 is 1.14 bits per heavy atom. The molecule has 0 bridgehead atoms. The molecule has 0 spiro atoms. The van der Waals surface area contributed by atoms with Crippen molar-refractivity contribution >= 4 is 24.6 Å². The predicted molar refractivity (Wildman–Crippen MR) is 289 cm³/mol. The minimum atomic E-state index is -4.16. The molecule has 2 unspecified atom stereocenters. The Balaban J connectivity index is 1.54. The molecule has 2 atom stereocenters. The van der Waals surface area contributed by atoms with E-state index in [4.69, 9.17) is 32.3 Å². The highest BCUT2D eigenvalue weighted by molar-refractivity contribution is 7.78. The van der Waals surface area contributed by atoms with E-state index < -0.39 is 24.6 Å². The van der Waals surface area contributed by atoms with Crippen molar-refractivity contribution < 1.29 is 53.3 Å². The number of para-hydroxylation sites is 6. The third-order valence-electron chi connectivity index (χ3n) is 11.9. The fourth-order valence-corrected chi connectivity index (χ4v) is 15.7. The number of nitrogens with zero attached hydrogens (tertiary/aromatic N) is 3. The lowest BCUT2D eigenvalue weighted by molar-refractivity contribution is 0.0538. The molecule has 1 heterocycles. The Morgan fingerprint density at radius 1 is 0.370 bits per heavy atom. The molecule has 0 radical (unpaired) electrons. The number of benzene rings is 6. The van der Waals surface area contributed by atoms with E-state index in [2.05, 4.69) is 0 Å². The van der Waals surface area contributed by atoms with Crippen molar-refractivity contribution in [2.75, 3.05) is 33.0 Å². The fourth-order valence-electron chi connectivity index (χ4n) is 8.03. The maximum atomic E-state index is 9.85. The van der Waals surface area contributed by atoms with E-state index in [1.807, 2.05) is 152 Å². The van der Waals surface area contributed by atoms with Gasteiger partial charge in [0.25, 0.3) is 0 Å². The molecule has 0 saturated heterocycles. The van der Waals surface area contributed by atoms with Gasteiger partial charge in [0.05, 0.1) is 0 Å². The second-order valence-electron chi connectivity index (χ2n) is 17.4. The Kier molecular flexibility index (Phi) is 23.1. The van der Waals surface area contributed by atoms with Crippen molar-refractivity contribution in [3.05, 3.63) is 179 Å². The molecule has 7 rings (SSSR count). The van der Waals surface area contributed by atoms with E-state index in [1.54, 1.807) is 9.21 Å². The lowest BCUT2D eigenvalue weighted by Crippen LogP contribution is -2.37. The number of hydrogen-bond donors (Lipinski definition) is 5. The van der Waals surface area contributed by atoms with Crippen LogP contribution in [0, 0.1) is 0 Å². The molecule has 5 N–H and O–H groups in total. The van der Waals surface area contributed by atoms with Crippen LogP contribution in [0.4, 0.5) is 0 Å². The van der Waals surface area contributed by atoms with Crippen LogP contribution >= 0.6 is 24.6 Å². The van der Waals surface area contributed by atoms with Crippen LogP contribution in [0.25, 0.3) is 0 Å². The highest BCUT2D eigenvalue weighted by atomic mass is 31.3. The van der Waals surface area contributed by atoms with Gasteiger partial charge in [-0.2, -0.15) is 0 Å². The third-order valence-corrected chi connectivity index (χ3v) is 18.7.